The summed E-state index contributed by atoms with van der Waals surface area (Å²) in [5.74, 6) is 3.85. The zero-order valence-corrected chi connectivity index (χ0v) is 27.2. The van der Waals surface area contributed by atoms with E-state index < -0.39 is 0 Å². The van der Waals surface area contributed by atoms with Crippen molar-refractivity contribution in [2.45, 2.75) is 56.3 Å². The number of allylic oxidation sites excluding steroid dienone is 6. The monoisotopic (exact) mass is 618 g/mol. The molecular weight excluding hydrogens is 579 g/mol. The van der Waals surface area contributed by atoms with Gasteiger partial charge in [0.25, 0.3) is 0 Å². The molecule has 0 nitrogen and oxygen atoms in total. The van der Waals surface area contributed by atoms with Crippen molar-refractivity contribution >= 4 is 4.73 Å². The topological polar surface area (TPSA) is 0 Å². The van der Waals surface area contributed by atoms with E-state index in [1.54, 1.807) is 22.3 Å². The van der Waals surface area contributed by atoms with Gasteiger partial charge in [0.15, 0.2) is 0 Å². The van der Waals surface area contributed by atoms with Crippen molar-refractivity contribution in [2.75, 3.05) is 0 Å². The van der Waals surface area contributed by atoms with Gasteiger partial charge in [0.1, 0.15) is 0 Å². The van der Waals surface area contributed by atoms with Crippen LogP contribution in [-0.4, -0.2) is 4.73 Å². The van der Waals surface area contributed by atoms with E-state index in [9.17, 15) is 0 Å². The van der Waals surface area contributed by atoms with E-state index in [4.69, 9.17) is 0 Å². The Kier molecular flexibility index (Phi) is 7.06. The average Bonchev–Trinajstić information content (AvgIpc) is 3.84. The number of hydrogen-bond donors (Lipinski definition) is 0. The first-order chi connectivity index (χ1) is 22.3. The fourth-order valence-corrected chi connectivity index (χ4v) is 10.5. The molecular formula is C44H39V+. The zero-order valence-electron chi connectivity index (χ0n) is 25.8. The summed E-state index contributed by atoms with van der Waals surface area (Å²) < 4.78 is 3.52. The van der Waals surface area contributed by atoms with Crippen LogP contribution in [0.5, 0.6) is 0 Å². The molecule has 5 aliphatic carbocycles. The van der Waals surface area contributed by atoms with Crippen molar-refractivity contribution in [1.82, 2.24) is 0 Å². The molecule has 0 N–H and O–H groups in total. The summed E-state index contributed by atoms with van der Waals surface area (Å²) in [6, 6.07) is 34.8. The first kappa shape index (κ1) is 27.8. The van der Waals surface area contributed by atoms with Crippen molar-refractivity contribution in [1.29, 1.82) is 0 Å². The fourth-order valence-electron chi connectivity index (χ4n) is 10.2. The molecule has 6 unspecified atom stereocenters. The van der Waals surface area contributed by atoms with Gasteiger partial charge >= 0.3 is 254 Å². The molecule has 2 fully saturated rings. The van der Waals surface area contributed by atoms with Gasteiger partial charge in [-0.15, -0.1) is 0 Å². The molecule has 0 radical (unpaired) electrons. The number of hydrogen-bond acceptors (Lipinski definition) is 0. The molecule has 45 heavy (non-hydrogen) atoms. The molecule has 0 spiro atoms. The average molecular weight is 619 g/mol. The molecule has 4 aromatic rings. The second-order valence-corrected chi connectivity index (χ2v) is 14.5. The predicted molar refractivity (Wildman–Crippen MR) is 183 cm³/mol. The van der Waals surface area contributed by atoms with Gasteiger partial charge < -0.3 is 0 Å². The van der Waals surface area contributed by atoms with E-state index in [-0.39, 0.29) is 0 Å². The molecule has 0 saturated heterocycles. The molecule has 0 aromatic heterocycles. The summed E-state index contributed by atoms with van der Waals surface area (Å²) in [5, 5.41) is 0. The van der Waals surface area contributed by atoms with Crippen molar-refractivity contribution < 1.29 is 17.0 Å². The molecule has 5 aliphatic rings. The van der Waals surface area contributed by atoms with Crippen LogP contribution in [0.4, 0.5) is 0 Å². The summed E-state index contributed by atoms with van der Waals surface area (Å²) >= 11 is 2.61. The third-order valence-corrected chi connectivity index (χ3v) is 12.4. The first-order valence-corrected chi connectivity index (χ1v) is 17.8. The van der Waals surface area contributed by atoms with Crippen molar-refractivity contribution in [3.8, 4) is 22.3 Å². The Morgan fingerprint density at radius 3 is 2.13 bits per heavy atom. The van der Waals surface area contributed by atoms with E-state index in [1.807, 2.05) is 0 Å². The van der Waals surface area contributed by atoms with Crippen LogP contribution in [0.25, 0.3) is 22.3 Å². The van der Waals surface area contributed by atoms with Gasteiger partial charge in [-0.05, 0) is 0 Å². The maximum atomic E-state index is 3.52. The minimum absolute atomic E-state index is 0.471. The second-order valence-electron chi connectivity index (χ2n) is 14.1. The summed E-state index contributed by atoms with van der Waals surface area (Å²) in [7, 11) is 0. The molecule has 0 bridgehead atoms. The van der Waals surface area contributed by atoms with Gasteiger partial charge in [0.05, 0.1) is 0 Å². The SMILES string of the molecule is [V+2]=[C-]C(=CC1CC(c2cccc3c2C(C2CCCC2)C2c4ccccc4-c4cccc-3c42)C2C=CC=CC12)Cc1ccccc1. The Labute approximate surface area is 277 Å². The van der Waals surface area contributed by atoms with E-state index in [0.717, 1.165) is 12.3 Å². The predicted octanol–water partition coefficient (Wildman–Crippen LogP) is 10.6. The third-order valence-electron chi connectivity index (χ3n) is 11.9. The van der Waals surface area contributed by atoms with E-state index in [0.29, 0.717) is 35.5 Å². The van der Waals surface area contributed by atoms with Crippen LogP contribution in [0.1, 0.15) is 77.7 Å². The van der Waals surface area contributed by atoms with Gasteiger partial charge in [-0.2, -0.15) is 0 Å². The summed E-state index contributed by atoms with van der Waals surface area (Å²) in [6.07, 6.45) is 19.9. The Morgan fingerprint density at radius 2 is 1.33 bits per heavy atom. The van der Waals surface area contributed by atoms with Gasteiger partial charge in [0.2, 0.25) is 0 Å². The Morgan fingerprint density at radius 1 is 0.689 bits per heavy atom. The molecule has 9 rings (SSSR count). The normalized spacial score (nSPS) is 27.6. The van der Waals surface area contributed by atoms with Gasteiger partial charge in [-0.1, -0.05) is 24.3 Å². The van der Waals surface area contributed by atoms with Crippen LogP contribution in [0.2, 0.25) is 0 Å². The van der Waals surface area contributed by atoms with Gasteiger partial charge in [-0.3, -0.25) is 0 Å². The van der Waals surface area contributed by atoms with Gasteiger partial charge in [0, 0.05) is 0 Å². The van der Waals surface area contributed by atoms with E-state index in [2.05, 4.69) is 143 Å². The molecule has 219 valence electrons. The van der Waals surface area contributed by atoms with Crippen LogP contribution in [0, 0.1) is 23.7 Å². The fraction of sp³-hybridized carbons (Fsp3) is 0.295. The molecule has 2 saturated carbocycles. The standard InChI is InChI=1S/C44H39.V/c1-28(25-29-13-3-2-4-14-29)26-31-27-40(33-18-8-7-17-32(31)33)39-24-12-22-37-38-23-11-21-35-34-19-9-10-20-36(34)44(43(35)38)41(42(37)39)30-15-5-6-16-30;/h2-4,7-14,17-24,26,30-33,40-41,44H,5-6,15-16,25,27H2;/q-1;+2. The number of fused-ring (bicyclic) bond motifs is 6. The number of benzene rings is 4. The summed E-state index contributed by atoms with van der Waals surface area (Å²) in [4.78, 5) is 0. The van der Waals surface area contributed by atoms with Crippen molar-refractivity contribution in [2.24, 2.45) is 23.7 Å². The molecule has 4 aromatic carbocycles. The second kappa shape index (κ2) is 11.4. The molecule has 6 atom stereocenters. The molecule has 1 heteroatoms. The quantitative estimate of drug-likeness (QED) is 0.189. The minimum atomic E-state index is 0.471. The van der Waals surface area contributed by atoms with E-state index >= 15 is 0 Å². The summed E-state index contributed by atoms with van der Waals surface area (Å²) in [6.45, 7) is 0. The van der Waals surface area contributed by atoms with Crippen LogP contribution in [0.15, 0.2) is 127 Å². The summed E-state index contributed by atoms with van der Waals surface area (Å²) in [5.41, 5.74) is 15.2. The Hall–Kier alpha value is -3.45. The van der Waals surface area contributed by atoms with Crippen molar-refractivity contribution in [3.05, 3.63) is 155 Å². The van der Waals surface area contributed by atoms with E-state index in [1.165, 1.54) is 65.5 Å². The van der Waals surface area contributed by atoms with Crippen LogP contribution >= 0.6 is 0 Å². The number of rotatable bonds is 6. The molecule has 0 aliphatic heterocycles. The molecule has 0 amide bonds. The van der Waals surface area contributed by atoms with Crippen LogP contribution in [0.3, 0.4) is 0 Å². The van der Waals surface area contributed by atoms with Crippen LogP contribution < -0.4 is 0 Å². The maximum absolute atomic E-state index is 3.52. The van der Waals surface area contributed by atoms with Gasteiger partial charge in [-0.25, -0.2) is 0 Å². The third kappa shape index (κ3) is 4.51. The van der Waals surface area contributed by atoms with Crippen molar-refractivity contribution in [3.63, 3.8) is 0 Å². The first-order valence-electron chi connectivity index (χ1n) is 17.1. The molecule has 0 heterocycles. The Bertz CT molecular complexity index is 1870. The zero-order chi connectivity index (χ0) is 29.9. The van der Waals surface area contributed by atoms with Crippen LogP contribution in [-0.2, 0) is 23.4 Å². The Balaban J connectivity index is 1.18.